The Morgan fingerprint density at radius 2 is 1.23 bits per heavy atom. The molecule has 1 aliphatic heterocycles. The van der Waals surface area contributed by atoms with Crippen molar-refractivity contribution in [3.8, 4) is 11.3 Å². The van der Waals surface area contributed by atoms with E-state index in [1.165, 1.54) is 19.6 Å². The van der Waals surface area contributed by atoms with E-state index in [0.29, 0.717) is 10.0 Å². The van der Waals surface area contributed by atoms with Gasteiger partial charge >= 0.3 is 0 Å². The van der Waals surface area contributed by atoms with Crippen LogP contribution in [0.25, 0.3) is 22.3 Å². The molecule has 0 saturated heterocycles. The number of rotatable bonds is 2. The lowest BCUT2D eigenvalue weighted by Gasteiger charge is -2.38. The Balaban J connectivity index is 1.87. The van der Waals surface area contributed by atoms with E-state index in [9.17, 15) is 0 Å². The molecule has 0 amide bonds. The standard InChI is InChI=1S/C26H16Cl2OS/c27-17-11-13-23-21(15-17)26-25(29-23)22-16-18(28)12-14-24(22)30(26,19-7-3-1-4-8-19)20-9-5-2-6-10-20/h1-16H. The predicted molar refractivity (Wildman–Crippen MR) is 125 cm³/mol. The maximum atomic E-state index is 6.45. The summed E-state index contributed by atoms with van der Waals surface area (Å²) in [7, 11) is -1.77. The van der Waals surface area contributed by atoms with Crippen LogP contribution in [0.2, 0.25) is 10.0 Å². The molecule has 6 rings (SSSR count). The van der Waals surface area contributed by atoms with Crippen molar-refractivity contribution in [2.75, 3.05) is 0 Å². The third kappa shape index (κ3) is 2.39. The van der Waals surface area contributed by atoms with Gasteiger partial charge in [-0.05, 0) is 60.7 Å². The topological polar surface area (TPSA) is 13.1 Å². The maximum absolute atomic E-state index is 6.45. The summed E-state index contributed by atoms with van der Waals surface area (Å²) in [6.45, 7) is 0. The molecule has 146 valence electrons. The van der Waals surface area contributed by atoms with Gasteiger partial charge in [-0.3, -0.25) is 0 Å². The van der Waals surface area contributed by atoms with Crippen LogP contribution in [0.15, 0.2) is 121 Å². The second-order valence-electron chi connectivity index (χ2n) is 7.28. The van der Waals surface area contributed by atoms with Crippen LogP contribution in [-0.4, -0.2) is 0 Å². The smallest absolute Gasteiger partial charge is 0.149 e. The molecule has 4 aromatic carbocycles. The monoisotopic (exact) mass is 446 g/mol. The zero-order chi connectivity index (χ0) is 20.3. The highest BCUT2D eigenvalue weighted by molar-refractivity contribution is 8.34. The van der Waals surface area contributed by atoms with Crippen LogP contribution in [0.3, 0.4) is 0 Å². The van der Waals surface area contributed by atoms with Gasteiger partial charge in [-0.1, -0.05) is 59.6 Å². The molecule has 1 aromatic heterocycles. The predicted octanol–water partition coefficient (Wildman–Crippen LogP) is 9.06. The summed E-state index contributed by atoms with van der Waals surface area (Å²) in [4.78, 5) is 4.98. The Hall–Kier alpha value is -2.65. The molecule has 0 N–H and O–H groups in total. The van der Waals surface area contributed by atoms with Crippen molar-refractivity contribution in [1.29, 1.82) is 0 Å². The first kappa shape index (κ1) is 18.1. The van der Waals surface area contributed by atoms with Crippen molar-refractivity contribution in [3.63, 3.8) is 0 Å². The van der Waals surface area contributed by atoms with Gasteiger partial charge in [0.2, 0.25) is 0 Å². The molecule has 4 heteroatoms. The molecule has 30 heavy (non-hydrogen) atoms. The van der Waals surface area contributed by atoms with E-state index < -0.39 is 10.0 Å². The minimum atomic E-state index is -1.77. The summed E-state index contributed by atoms with van der Waals surface area (Å²) in [5.74, 6) is 0.896. The minimum absolute atomic E-state index is 0.703. The van der Waals surface area contributed by atoms with Crippen molar-refractivity contribution in [1.82, 2.24) is 0 Å². The molecule has 0 aliphatic carbocycles. The first-order valence-corrected chi connectivity index (χ1v) is 12.0. The number of hydrogen-bond donors (Lipinski definition) is 0. The van der Waals surface area contributed by atoms with Crippen LogP contribution in [0.5, 0.6) is 0 Å². The Morgan fingerprint density at radius 3 is 1.90 bits per heavy atom. The van der Waals surface area contributed by atoms with Crippen LogP contribution in [0.4, 0.5) is 0 Å². The van der Waals surface area contributed by atoms with E-state index in [0.717, 1.165) is 22.3 Å². The van der Waals surface area contributed by atoms with Crippen LogP contribution in [-0.2, 0) is 0 Å². The van der Waals surface area contributed by atoms with Crippen molar-refractivity contribution < 1.29 is 4.42 Å². The van der Waals surface area contributed by atoms with E-state index in [-0.39, 0.29) is 0 Å². The molecule has 0 saturated carbocycles. The number of fused-ring (bicyclic) bond motifs is 5. The third-order valence-electron chi connectivity index (χ3n) is 5.62. The number of hydrogen-bond acceptors (Lipinski definition) is 1. The zero-order valence-corrected chi connectivity index (χ0v) is 18.1. The highest BCUT2D eigenvalue weighted by Gasteiger charge is 2.45. The van der Waals surface area contributed by atoms with Gasteiger partial charge in [0.05, 0.1) is 4.90 Å². The fraction of sp³-hybridized carbons (Fsp3) is 0. The van der Waals surface area contributed by atoms with Gasteiger partial charge in [0.25, 0.3) is 0 Å². The van der Waals surface area contributed by atoms with Gasteiger partial charge in [-0.2, -0.15) is 0 Å². The Kier molecular flexibility index (Phi) is 4.04. The van der Waals surface area contributed by atoms with E-state index in [1.54, 1.807) is 0 Å². The Morgan fingerprint density at radius 1 is 0.633 bits per heavy atom. The summed E-state index contributed by atoms with van der Waals surface area (Å²) < 4.78 is 6.45. The highest BCUT2D eigenvalue weighted by Crippen LogP contribution is 2.81. The highest BCUT2D eigenvalue weighted by atomic mass is 35.5. The molecule has 0 radical (unpaired) electrons. The summed E-state index contributed by atoms with van der Waals surface area (Å²) >= 11 is 12.9. The van der Waals surface area contributed by atoms with Crippen LogP contribution < -0.4 is 0 Å². The summed E-state index contributed by atoms with van der Waals surface area (Å²) in [6, 6.07) is 33.5. The van der Waals surface area contributed by atoms with Crippen molar-refractivity contribution in [2.45, 2.75) is 19.6 Å². The molecule has 0 spiro atoms. The summed E-state index contributed by atoms with van der Waals surface area (Å²) in [6.07, 6.45) is 0. The lowest BCUT2D eigenvalue weighted by atomic mass is 10.1. The van der Waals surface area contributed by atoms with Gasteiger partial charge in [-0.15, -0.1) is 10.0 Å². The average Bonchev–Trinajstić information content (AvgIpc) is 3.28. The molecule has 0 unspecified atom stereocenters. The molecular weight excluding hydrogens is 431 g/mol. The van der Waals surface area contributed by atoms with Gasteiger partial charge in [0.1, 0.15) is 11.3 Å². The van der Waals surface area contributed by atoms with Crippen LogP contribution in [0, 0.1) is 0 Å². The van der Waals surface area contributed by atoms with E-state index in [4.69, 9.17) is 27.6 Å². The minimum Gasteiger partial charge on any atom is -0.455 e. The van der Waals surface area contributed by atoms with E-state index in [1.807, 2.05) is 30.3 Å². The molecule has 0 fully saturated rings. The van der Waals surface area contributed by atoms with Gasteiger partial charge < -0.3 is 4.42 Å². The lowest BCUT2D eigenvalue weighted by molar-refractivity contribution is 0.625. The number of furan rings is 1. The quantitative estimate of drug-likeness (QED) is 0.258. The second kappa shape index (κ2) is 6.68. The fourth-order valence-electron chi connectivity index (χ4n) is 4.46. The zero-order valence-electron chi connectivity index (χ0n) is 15.8. The molecule has 1 nitrogen and oxygen atoms in total. The molecule has 2 heterocycles. The number of halogens is 2. The van der Waals surface area contributed by atoms with Gasteiger partial charge in [0, 0.05) is 35.7 Å². The van der Waals surface area contributed by atoms with E-state index >= 15 is 0 Å². The average molecular weight is 447 g/mol. The Labute approximate surface area is 186 Å². The summed E-state index contributed by atoms with van der Waals surface area (Å²) in [5.41, 5.74) is 1.91. The maximum Gasteiger partial charge on any atom is 0.149 e. The largest absolute Gasteiger partial charge is 0.455 e. The Bertz CT molecular complexity index is 1370. The van der Waals surface area contributed by atoms with Crippen molar-refractivity contribution in [3.05, 3.63) is 107 Å². The van der Waals surface area contributed by atoms with Crippen molar-refractivity contribution >= 4 is 44.2 Å². The van der Waals surface area contributed by atoms with Crippen molar-refractivity contribution in [2.24, 2.45) is 0 Å². The molecule has 0 atom stereocenters. The van der Waals surface area contributed by atoms with Gasteiger partial charge in [0.15, 0.2) is 0 Å². The SMILES string of the molecule is Clc1ccc2c(c1)-c1oc3ccc(Cl)cc3c1S2(c1ccccc1)c1ccccc1. The molecule has 5 aromatic rings. The normalized spacial score (nSPS) is 15.0. The molecule has 1 aliphatic rings. The van der Waals surface area contributed by atoms with Crippen LogP contribution >= 0.6 is 33.2 Å². The van der Waals surface area contributed by atoms with Gasteiger partial charge in [-0.25, -0.2) is 0 Å². The number of benzene rings is 4. The third-order valence-corrected chi connectivity index (χ3v) is 10.1. The van der Waals surface area contributed by atoms with Crippen LogP contribution in [0.1, 0.15) is 0 Å². The lowest BCUT2D eigenvalue weighted by Crippen LogP contribution is -2.01. The fourth-order valence-corrected chi connectivity index (χ4v) is 9.08. The molecular formula is C26H16Cl2OS. The molecule has 0 bridgehead atoms. The first-order valence-electron chi connectivity index (χ1n) is 9.65. The second-order valence-corrected chi connectivity index (χ2v) is 11.2. The first-order chi connectivity index (χ1) is 14.7. The summed E-state index contributed by atoms with van der Waals surface area (Å²) in [5, 5.41) is 2.47. The van der Waals surface area contributed by atoms with E-state index in [2.05, 4.69) is 66.7 Å².